The molecule has 2 heterocycles. The number of hydrogen-bond acceptors (Lipinski definition) is 4. The van der Waals surface area contributed by atoms with E-state index in [2.05, 4.69) is 17.0 Å². The SMILES string of the molecule is COCCN1CCOC[C@@]2(CC(=O)N(Cc3ccccc3)C2)C1. The molecule has 0 N–H and O–H groups in total. The zero-order chi connectivity index (χ0) is 16.1. The first kappa shape index (κ1) is 16.4. The summed E-state index contributed by atoms with van der Waals surface area (Å²) in [5.41, 5.74) is 1.11. The molecule has 2 saturated heterocycles. The van der Waals surface area contributed by atoms with Gasteiger partial charge < -0.3 is 14.4 Å². The van der Waals surface area contributed by atoms with Crippen LogP contribution in [0.4, 0.5) is 0 Å². The molecule has 1 atom stereocenters. The van der Waals surface area contributed by atoms with Crippen molar-refractivity contribution >= 4 is 5.91 Å². The highest BCUT2D eigenvalue weighted by Crippen LogP contribution is 2.35. The molecule has 0 aliphatic carbocycles. The summed E-state index contributed by atoms with van der Waals surface area (Å²) < 4.78 is 11.0. The van der Waals surface area contributed by atoms with E-state index in [1.54, 1.807) is 7.11 Å². The van der Waals surface area contributed by atoms with Gasteiger partial charge in [0.1, 0.15) is 0 Å². The topological polar surface area (TPSA) is 42.0 Å². The van der Waals surface area contributed by atoms with Gasteiger partial charge in [0.2, 0.25) is 5.91 Å². The molecule has 0 radical (unpaired) electrons. The largest absolute Gasteiger partial charge is 0.383 e. The number of rotatable bonds is 5. The lowest BCUT2D eigenvalue weighted by atomic mass is 9.87. The van der Waals surface area contributed by atoms with Crippen molar-refractivity contribution in [3.8, 4) is 0 Å². The van der Waals surface area contributed by atoms with Crippen LogP contribution in [0, 0.1) is 5.41 Å². The smallest absolute Gasteiger partial charge is 0.223 e. The first-order valence-corrected chi connectivity index (χ1v) is 8.32. The van der Waals surface area contributed by atoms with E-state index in [4.69, 9.17) is 9.47 Å². The summed E-state index contributed by atoms with van der Waals surface area (Å²) in [5, 5.41) is 0. The van der Waals surface area contributed by atoms with Gasteiger partial charge in [-0.1, -0.05) is 30.3 Å². The highest BCUT2D eigenvalue weighted by Gasteiger charge is 2.45. The Labute approximate surface area is 138 Å². The van der Waals surface area contributed by atoms with Crippen LogP contribution >= 0.6 is 0 Å². The average molecular weight is 318 g/mol. The van der Waals surface area contributed by atoms with E-state index in [0.29, 0.717) is 19.6 Å². The molecule has 0 unspecified atom stereocenters. The number of hydrogen-bond donors (Lipinski definition) is 0. The normalized spacial score (nSPS) is 26.0. The van der Waals surface area contributed by atoms with Crippen molar-refractivity contribution in [2.24, 2.45) is 5.41 Å². The van der Waals surface area contributed by atoms with Crippen molar-refractivity contribution in [2.45, 2.75) is 13.0 Å². The van der Waals surface area contributed by atoms with Gasteiger partial charge >= 0.3 is 0 Å². The Morgan fingerprint density at radius 3 is 2.87 bits per heavy atom. The Hall–Kier alpha value is -1.43. The number of carbonyl (C=O) groups excluding carboxylic acids is 1. The van der Waals surface area contributed by atoms with Crippen LogP contribution in [0.1, 0.15) is 12.0 Å². The fourth-order valence-corrected chi connectivity index (χ4v) is 3.62. The van der Waals surface area contributed by atoms with Gasteiger partial charge in [-0.25, -0.2) is 0 Å². The van der Waals surface area contributed by atoms with Gasteiger partial charge in [-0.15, -0.1) is 0 Å². The molecular weight excluding hydrogens is 292 g/mol. The molecule has 1 aromatic rings. The number of likely N-dealkylation sites (tertiary alicyclic amines) is 1. The number of ether oxygens (including phenoxy) is 2. The Balaban J connectivity index is 1.66. The molecule has 2 aliphatic rings. The van der Waals surface area contributed by atoms with Gasteiger partial charge in [-0.3, -0.25) is 9.69 Å². The molecule has 3 rings (SSSR count). The number of benzene rings is 1. The van der Waals surface area contributed by atoms with Gasteiger partial charge in [0.05, 0.1) is 19.8 Å². The Morgan fingerprint density at radius 1 is 1.26 bits per heavy atom. The lowest BCUT2D eigenvalue weighted by molar-refractivity contribution is -0.128. The molecule has 0 saturated carbocycles. The molecule has 5 nitrogen and oxygen atoms in total. The molecule has 5 heteroatoms. The van der Waals surface area contributed by atoms with E-state index in [-0.39, 0.29) is 11.3 Å². The quantitative estimate of drug-likeness (QED) is 0.823. The summed E-state index contributed by atoms with van der Waals surface area (Å²) in [6.45, 7) is 6.33. The number of carbonyl (C=O) groups is 1. The van der Waals surface area contributed by atoms with E-state index in [9.17, 15) is 4.79 Å². The molecule has 2 aliphatic heterocycles. The van der Waals surface area contributed by atoms with E-state index >= 15 is 0 Å². The second-order valence-electron chi connectivity index (χ2n) is 6.73. The maximum absolute atomic E-state index is 12.5. The second kappa shape index (κ2) is 7.43. The molecule has 0 bridgehead atoms. The van der Waals surface area contributed by atoms with E-state index in [1.807, 2.05) is 23.1 Å². The Kier molecular flexibility index (Phi) is 5.30. The van der Waals surface area contributed by atoms with Gasteiger partial charge in [-0.2, -0.15) is 0 Å². The molecular formula is C18H26N2O3. The third-order valence-electron chi connectivity index (χ3n) is 4.75. The first-order chi connectivity index (χ1) is 11.2. The summed E-state index contributed by atoms with van der Waals surface area (Å²) in [5.74, 6) is 0.242. The summed E-state index contributed by atoms with van der Waals surface area (Å²) in [7, 11) is 1.73. The first-order valence-electron chi connectivity index (χ1n) is 8.32. The molecule has 2 fully saturated rings. The van der Waals surface area contributed by atoms with Crippen LogP contribution in [0.3, 0.4) is 0 Å². The summed E-state index contributed by atoms with van der Waals surface area (Å²) in [6, 6.07) is 10.2. The molecule has 23 heavy (non-hydrogen) atoms. The van der Waals surface area contributed by atoms with Gasteiger partial charge in [-0.05, 0) is 5.56 Å². The third kappa shape index (κ3) is 4.10. The summed E-state index contributed by atoms with van der Waals surface area (Å²) >= 11 is 0. The standard InChI is InChI=1S/C18H26N2O3/c1-22-9-7-19-8-10-23-15-18(13-19)11-17(21)20(14-18)12-16-5-3-2-4-6-16/h2-6H,7-15H2,1H3/t18-/m0/s1. The fraction of sp³-hybridized carbons (Fsp3) is 0.611. The summed E-state index contributed by atoms with van der Waals surface area (Å²) in [4.78, 5) is 16.9. The van der Waals surface area contributed by atoms with Crippen LogP contribution in [-0.4, -0.2) is 68.8 Å². The maximum Gasteiger partial charge on any atom is 0.223 e. The van der Waals surface area contributed by atoms with Gasteiger partial charge in [0, 0.05) is 51.7 Å². The predicted octanol–water partition coefficient (Wildman–Crippen LogP) is 1.38. The van der Waals surface area contributed by atoms with Crippen molar-refractivity contribution in [1.29, 1.82) is 0 Å². The predicted molar refractivity (Wildman–Crippen MR) is 88.0 cm³/mol. The highest BCUT2D eigenvalue weighted by molar-refractivity contribution is 5.79. The van der Waals surface area contributed by atoms with E-state index in [0.717, 1.165) is 39.4 Å². The highest BCUT2D eigenvalue weighted by atomic mass is 16.5. The zero-order valence-electron chi connectivity index (χ0n) is 13.9. The van der Waals surface area contributed by atoms with Gasteiger partial charge in [0.15, 0.2) is 0 Å². The lowest BCUT2D eigenvalue weighted by Gasteiger charge is -2.31. The third-order valence-corrected chi connectivity index (χ3v) is 4.75. The average Bonchev–Trinajstić information content (AvgIpc) is 2.73. The molecule has 1 amide bonds. The van der Waals surface area contributed by atoms with Crippen molar-refractivity contribution in [2.75, 3.05) is 53.1 Å². The Morgan fingerprint density at radius 2 is 2.09 bits per heavy atom. The van der Waals surface area contributed by atoms with Crippen molar-refractivity contribution in [3.63, 3.8) is 0 Å². The Bertz CT molecular complexity index is 522. The minimum absolute atomic E-state index is 0.0733. The van der Waals surface area contributed by atoms with Crippen molar-refractivity contribution < 1.29 is 14.3 Å². The molecule has 126 valence electrons. The van der Waals surface area contributed by atoms with Crippen molar-refractivity contribution in [1.82, 2.24) is 9.80 Å². The van der Waals surface area contributed by atoms with E-state index in [1.165, 1.54) is 5.56 Å². The molecule has 0 aromatic heterocycles. The summed E-state index contributed by atoms with van der Waals surface area (Å²) in [6.07, 6.45) is 0.587. The second-order valence-corrected chi connectivity index (χ2v) is 6.73. The van der Waals surface area contributed by atoms with Crippen molar-refractivity contribution in [3.05, 3.63) is 35.9 Å². The van der Waals surface area contributed by atoms with Crippen LogP contribution in [0.25, 0.3) is 0 Å². The maximum atomic E-state index is 12.5. The lowest BCUT2D eigenvalue weighted by Crippen LogP contribution is -2.41. The minimum Gasteiger partial charge on any atom is -0.383 e. The van der Waals surface area contributed by atoms with Gasteiger partial charge in [0.25, 0.3) is 0 Å². The fourth-order valence-electron chi connectivity index (χ4n) is 3.62. The number of amides is 1. The van der Waals surface area contributed by atoms with Crippen LogP contribution in [0.15, 0.2) is 30.3 Å². The van der Waals surface area contributed by atoms with E-state index < -0.39 is 0 Å². The monoisotopic (exact) mass is 318 g/mol. The minimum atomic E-state index is -0.0733. The van der Waals surface area contributed by atoms with Crippen LogP contribution < -0.4 is 0 Å². The number of nitrogens with zero attached hydrogens (tertiary/aromatic N) is 2. The molecule has 1 aromatic carbocycles. The number of methoxy groups -OCH3 is 1. The zero-order valence-corrected chi connectivity index (χ0v) is 13.9. The molecule has 1 spiro atoms. The van der Waals surface area contributed by atoms with Crippen LogP contribution in [-0.2, 0) is 20.8 Å². The van der Waals surface area contributed by atoms with Crippen LogP contribution in [0.5, 0.6) is 0 Å². The van der Waals surface area contributed by atoms with Crippen LogP contribution in [0.2, 0.25) is 0 Å².